The van der Waals surface area contributed by atoms with Gasteiger partial charge in [-0.3, -0.25) is 0 Å². The van der Waals surface area contributed by atoms with E-state index in [0.29, 0.717) is 6.04 Å². The Morgan fingerprint density at radius 1 is 1.33 bits per heavy atom. The van der Waals surface area contributed by atoms with Crippen LogP contribution in [0.15, 0.2) is 11.4 Å². The van der Waals surface area contributed by atoms with Crippen LogP contribution in [0.1, 0.15) is 38.0 Å². The van der Waals surface area contributed by atoms with E-state index in [1.165, 1.54) is 24.1 Å². The lowest BCUT2D eigenvalue weighted by Crippen LogP contribution is -2.23. The monoisotopic (exact) mass is 245 g/mol. The van der Waals surface area contributed by atoms with E-state index in [0.717, 1.165) is 18.0 Å². The van der Waals surface area contributed by atoms with Crippen LogP contribution in [-0.2, 0) is 6.42 Å². The number of halogens is 1. The first kappa shape index (κ1) is 13.0. The minimum absolute atomic E-state index is 0.608. The largest absolute Gasteiger partial charge is 0.315 e. The van der Waals surface area contributed by atoms with Gasteiger partial charge in [0.05, 0.1) is 5.02 Å². The molecule has 1 heterocycles. The van der Waals surface area contributed by atoms with Crippen LogP contribution in [0.5, 0.6) is 0 Å². The van der Waals surface area contributed by atoms with Gasteiger partial charge in [0.2, 0.25) is 0 Å². The van der Waals surface area contributed by atoms with Crippen LogP contribution >= 0.6 is 22.9 Å². The Kier molecular flexibility index (Phi) is 6.30. The van der Waals surface area contributed by atoms with Crippen LogP contribution in [0, 0.1) is 0 Å². The molecule has 0 bridgehead atoms. The van der Waals surface area contributed by atoms with Gasteiger partial charge >= 0.3 is 0 Å². The number of hydrogen-bond donors (Lipinski definition) is 1. The second-order valence-corrected chi connectivity index (χ2v) is 5.52. The van der Waals surface area contributed by atoms with E-state index >= 15 is 0 Å². The maximum Gasteiger partial charge on any atom is 0.0544 e. The predicted molar refractivity (Wildman–Crippen MR) is 70.0 cm³/mol. The highest BCUT2D eigenvalue weighted by molar-refractivity contribution is 7.10. The van der Waals surface area contributed by atoms with Gasteiger partial charge in [-0.05, 0) is 37.3 Å². The normalized spacial score (nSPS) is 11.2. The molecule has 0 fully saturated rings. The standard InChI is InChI=1S/C12H20ClNS/c1-10(2)14-8-5-3-4-6-12-11(13)7-9-15-12/h7,9-10,14H,3-6,8H2,1-2H3. The average molecular weight is 246 g/mol. The van der Waals surface area contributed by atoms with Crippen molar-refractivity contribution in [2.24, 2.45) is 0 Å². The fourth-order valence-electron chi connectivity index (χ4n) is 1.48. The van der Waals surface area contributed by atoms with Crippen LogP contribution < -0.4 is 5.32 Å². The molecule has 0 amide bonds. The molecule has 0 aliphatic carbocycles. The van der Waals surface area contributed by atoms with Gasteiger partial charge < -0.3 is 5.32 Å². The van der Waals surface area contributed by atoms with E-state index < -0.39 is 0 Å². The van der Waals surface area contributed by atoms with Gasteiger partial charge in [0.25, 0.3) is 0 Å². The van der Waals surface area contributed by atoms with Gasteiger partial charge in [-0.1, -0.05) is 31.9 Å². The molecule has 0 unspecified atom stereocenters. The van der Waals surface area contributed by atoms with Gasteiger partial charge in [0, 0.05) is 10.9 Å². The summed E-state index contributed by atoms with van der Waals surface area (Å²) >= 11 is 7.79. The fourth-order valence-corrected chi connectivity index (χ4v) is 2.66. The molecule has 1 nitrogen and oxygen atoms in total. The number of aryl methyl sites for hydroxylation is 1. The summed E-state index contributed by atoms with van der Waals surface area (Å²) in [5.41, 5.74) is 0. The van der Waals surface area contributed by atoms with Crippen molar-refractivity contribution in [3.63, 3.8) is 0 Å². The van der Waals surface area contributed by atoms with Crippen molar-refractivity contribution >= 4 is 22.9 Å². The molecule has 0 atom stereocenters. The molecule has 0 saturated carbocycles. The highest BCUT2D eigenvalue weighted by Crippen LogP contribution is 2.23. The Morgan fingerprint density at radius 3 is 2.73 bits per heavy atom. The molecule has 0 aliphatic rings. The summed E-state index contributed by atoms with van der Waals surface area (Å²) < 4.78 is 0. The third-order valence-corrected chi connectivity index (χ3v) is 3.77. The molecule has 0 saturated heterocycles. The summed E-state index contributed by atoms with van der Waals surface area (Å²) in [5.74, 6) is 0. The summed E-state index contributed by atoms with van der Waals surface area (Å²) in [7, 11) is 0. The minimum Gasteiger partial charge on any atom is -0.315 e. The van der Waals surface area contributed by atoms with Crippen LogP contribution in [0.25, 0.3) is 0 Å². The summed E-state index contributed by atoms with van der Waals surface area (Å²) in [6.07, 6.45) is 4.94. The number of hydrogen-bond acceptors (Lipinski definition) is 2. The summed E-state index contributed by atoms with van der Waals surface area (Å²) in [5, 5.41) is 6.44. The van der Waals surface area contributed by atoms with Gasteiger partial charge in [0.15, 0.2) is 0 Å². The molecule has 15 heavy (non-hydrogen) atoms. The quantitative estimate of drug-likeness (QED) is 0.713. The molecular formula is C12H20ClNS. The topological polar surface area (TPSA) is 12.0 Å². The molecule has 3 heteroatoms. The van der Waals surface area contributed by atoms with Gasteiger partial charge in [0.1, 0.15) is 0 Å². The van der Waals surface area contributed by atoms with Crippen LogP contribution in [0.3, 0.4) is 0 Å². The highest BCUT2D eigenvalue weighted by atomic mass is 35.5. The zero-order valence-electron chi connectivity index (χ0n) is 9.55. The summed E-state index contributed by atoms with van der Waals surface area (Å²) in [4.78, 5) is 1.34. The lowest BCUT2D eigenvalue weighted by molar-refractivity contribution is 0.549. The Morgan fingerprint density at radius 2 is 2.13 bits per heavy atom. The number of unbranched alkanes of at least 4 members (excludes halogenated alkanes) is 2. The van der Waals surface area contributed by atoms with Crippen molar-refractivity contribution in [1.29, 1.82) is 0 Å². The average Bonchev–Trinajstić information content (AvgIpc) is 2.57. The first-order valence-electron chi connectivity index (χ1n) is 5.65. The van der Waals surface area contributed by atoms with E-state index in [2.05, 4.69) is 24.5 Å². The maximum atomic E-state index is 6.02. The van der Waals surface area contributed by atoms with Crippen LogP contribution in [0.4, 0.5) is 0 Å². The molecule has 1 aromatic rings. The van der Waals surface area contributed by atoms with E-state index in [-0.39, 0.29) is 0 Å². The second kappa shape index (κ2) is 7.26. The Balaban J connectivity index is 2.00. The Labute approximate surface area is 102 Å². The van der Waals surface area contributed by atoms with Crippen molar-refractivity contribution in [1.82, 2.24) is 5.32 Å². The van der Waals surface area contributed by atoms with E-state index in [1.54, 1.807) is 11.3 Å². The van der Waals surface area contributed by atoms with Gasteiger partial charge in [-0.25, -0.2) is 0 Å². The fraction of sp³-hybridized carbons (Fsp3) is 0.667. The first-order valence-corrected chi connectivity index (χ1v) is 6.91. The molecule has 0 spiro atoms. The zero-order chi connectivity index (χ0) is 11.1. The summed E-state index contributed by atoms with van der Waals surface area (Å²) in [6.45, 7) is 5.51. The highest BCUT2D eigenvalue weighted by Gasteiger charge is 2.00. The third-order valence-electron chi connectivity index (χ3n) is 2.32. The van der Waals surface area contributed by atoms with Gasteiger partial charge in [-0.15, -0.1) is 11.3 Å². The van der Waals surface area contributed by atoms with Crippen molar-refractivity contribution in [2.75, 3.05) is 6.54 Å². The molecule has 0 aromatic carbocycles. The van der Waals surface area contributed by atoms with Crippen molar-refractivity contribution in [3.05, 3.63) is 21.3 Å². The zero-order valence-corrected chi connectivity index (χ0v) is 11.1. The van der Waals surface area contributed by atoms with Crippen molar-refractivity contribution in [3.8, 4) is 0 Å². The smallest absolute Gasteiger partial charge is 0.0544 e. The van der Waals surface area contributed by atoms with Gasteiger partial charge in [-0.2, -0.15) is 0 Å². The Hall–Kier alpha value is -0.0500. The van der Waals surface area contributed by atoms with E-state index in [4.69, 9.17) is 11.6 Å². The van der Waals surface area contributed by atoms with E-state index in [9.17, 15) is 0 Å². The first-order chi connectivity index (χ1) is 7.20. The molecule has 1 aromatic heterocycles. The minimum atomic E-state index is 0.608. The SMILES string of the molecule is CC(C)NCCCCCc1sccc1Cl. The molecule has 86 valence electrons. The predicted octanol–water partition coefficient (Wildman–Crippen LogP) is 4.11. The molecule has 0 aliphatic heterocycles. The summed E-state index contributed by atoms with van der Waals surface area (Å²) in [6, 6.07) is 2.60. The molecule has 1 N–H and O–H groups in total. The number of thiophene rings is 1. The van der Waals surface area contributed by atoms with Crippen molar-refractivity contribution < 1.29 is 0 Å². The Bertz CT molecular complexity index is 270. The third kappa shape index (κ3) is 5.55. The molecule has 0 radical (unpaired) electrons. The number of nitrogens with one attached hydrogen (secondary N) is 1. The molecule has 1 rings (SSSR count). The lowest BCUT2D eigenvalue weighted by Gasteiger charge is -2.07. The van der Waals surface area contributed by atoms with Crippen LogP contribution in [0.2, 0.25) is 5.02 Å². The van der Waals surface area contributed by atoms with E-state index in [1.807, 2.05) is 6.07 Å². The second-order valence-electron chi connectivity index (χ2n) is 4.11. The maximum absolute atomic E-state index is 6.02. The molecular weight excluding hydrogens is 226 g/mol. The lowest BCUT2D eigenvalue weighted by atomic mass is 10.1. The number of rotatable bonds is 7. The van der Waals surface area contributed by atoms with Crippen molar-refractivity contribution in [2.45, 2.75) is 45.6 Å². The van der Waals surface area contributed by atoms with Crippen LogP contribution in [-0.4, -0.2) is 12.6 Å².